The highest BCUT2D eigenvalue weighted by atomic mass is 16.5. The Kier molecular flexibility index (Phi) is 5.67. The van der Waals surface area contributed by atoms with E-state index in [1.165, 1.54) is 11.1 Å². The van der Waals surface area contributed by atoms with Crippen LogP contribution in [0, 0.1) is 0 Å². The minimum Gasteiger partial charge on any atom is -0.497 e. The Hall–Kier alpha value is -1.95. The number of methoxy groups -OCH3 is 1. The second-order valence-corrected chi connectivity index (χ2v) is 8.77. The Morgan fingerprint density at radius 1 is 1.00 bits per heavy atom. The summed E-state index contributed by atoms with van der Waals surface area (Å²) in [6.07, 6.45) is 3.84. The maximum Gasteiger partial charge on any atom is 0.118 e. The highest BCUT2D eigenvalue weighted by Gasteiger charge is 2.42. The van der Waals surface area contributed by atoms with Crippen LogP contribution in [0.2, 0.25) is 0 Å². The summed E-state index contributed by atoms with van der Waals surface area (Å²) in [6.45, 7) is 12.4. The first kappa shape index (κ1) is 19.4. The molecule has 5 heteroatoms. The van der Waals surface area contributed by atoms with Gasteiger partial charge in [-0.15, -0.1) is 0 Å². The second kappa shape index (κ2) is 8.19. The third kappa shape index (κ3) is 4.37. The molecule has 4 rings (SSSR count). The predicted octanol–water partition coefficient (Wildman–Crippen LogP) is 2.87. The molecule has 0 saturated carbocycles. The minimum atomic E-state index is 0.204. The lowest BCUT2D eigenvalue weighted by Crippen LogP contribution is -2.69. The van der Waals surface area contributed by atoms with Crippen molar-refractivity contribution in [3.63, 3.8) is 0 Å². The molecule has 0 amide bonds. The molecule has 1 aromatic carbocycles. The van der Waals surface area contributed by atoms with Gasteiger partial charge in [-0.1, -0.05) is 18.2 Å². The fraction of sp³-hybridized carbons (Fsp3) is 0.522. The third-order valence-corrected chi connectivity index (χ3v) is 6.12. The van der Waals surface area contributed by atoms with Crippen LogP contribution in [-0.4, -0.2) is 71.1 Å². The van der Waals surface area contributed by atoms with E-state index in [1.807, 2.05) is 18.5 Å². The zero-order valence-corrected chi connectivity index (χ0v) is 17.3. The number of hydrogen-bond donors (Lipinski definition) is 0. The molecular weight excluding hydrogens is 348 g/mol. The second-order valence-electron chi connectivity index (χ2n) is 8.77. The van der Waals surface area contributed by atoms with E-state index < -0.39 is 0 Å². The first-order chi connectivity index (χ1) is 13.5. The minimum absolute atomic E-state index is 0.204. The smallest absolute Gasteiger partial charge is 0.118 e. The van der Waals surface area contributed by atoms with E-state index in [9.17, 15) is 0 Å². The van der Waals surface area contributed by atoms with Gasteiger partial charge < -0.3 is 4.74 Å². The molecular formula is C23H32N4O. The van der Waals surface area contributed by atoms with Gasteiger partial charge in [0.15, 0.2) is 0 Å². The van der Waals surface area contributed by atoms with Crippen molar-refractivity contribution >= 4 is 0 Å². The standard InChI is InChI=1S/C23H32N4O/c1-23(2)18-26(14-19-6-8-22(28-3)9-7-19)17-21-16-25(11-12-27(21)23)15-20-5-4-10-24-13-20/h4-10,13,21H,11-12,14-18H2,1-3H3/t21-/m0/s1. The molecule has 3 heterocycles. The van der Waals surface area contributed by atoms with Crippen molar-refractivity contribution in [3.05, 3.63) is 59.9 Å². The molecule has 5 nitrogen and oxygen atoms in total. The molecule has 0 unspecified atom stereocenters. The first-order valence-corrected chi connectivity index (χ1v) is 10.3. The lowest BCUT2D eigenvalue weighted by molar-refractivity contribution is -0.0684. The molecule has 2 saturated heterocycles. The van der Waals surface area contributed by atoms with Crippen LogP contribution in [0.15, 0.2) is 48.8 Å². The van der Waals surface area contributed by atoms with E-state index in [4.69, 9.17) is 4.74 Å². The van der Waals surface area contributed by atoms with Gasteiger partial charge in [0.05, 0.1) is 7.11 Å². The van der Waals surface area contributed by atoms with E-state index in [-0.39, 0.29) is 5.54 Å². The Morgan fingerprint density at radius 3 is 2.46 bits per heavy atom. The summed E-state index contributed by atoms with van der Waals surface area (Å²) >= 11 is 0. The van der Waals surface area contributed by atoms with Crippen LogP contribution in [0.25, 0.3) is 0 Å². The van der Waals surface area contributed by atoms with Crippen molar-refractivity contribution in [1.29, 1.82) is 0 Å². The van der Waals surface area contributed by atoms with Crippen LogP contribution in [0.5, 0.6) is 5.75 Å². The van der Waals surface area contributed by atoms with E-state index >= 15 is 0 Å². The number of piperazine rings is 2. The number of rotatable bonds is 5. The van der Waals surface area contributed by atoms with Crippen LogP contribution >= 0.6 is 0 Å². The van der Waals surface area contributed by atoms with Crippen molar-refractivity contribution in [2.45, 2.75) is 38.5 Å². The maximum atomic E-state index is 5.29. The van der Waals surface area contributed by atoms with Gasteiger partial charge in [0.25, 0.3) is 0 Å². The summed E-state index contributed by atoms with van der Waals surface area (Å²) in [4.78, 5) is 12.2. The first-order valence-electron chi connectivity index (χ1n) is 10.3. The van der Waals surface area contributed by atoms with Crippen LogP contribution in [0.1, 0.15) is 25.0 Å². The van der Waals surface area contributed by atoms with Crippen molar-refractivity contribution in [2.75, 3.05) is 39.8 Å². The summed E-state index contributed by atoms with van der Waals surface area (Å²) in [6, 6.07) is 13.3. The Bertz CT molecular complexity index is 762. The van der Waals surface area contributed by atoms with Crippen LogP contribution in [0.4, 0.5) is 0 Å². The van der Waals surface area contributed by atoms with Crippen LogP contribution in [-0.2, 0) is 13.1 Å². The number of ether oxygens (including phenoxy) is 1. The molecule has 0 aliphatic carbocycles. The van der Waals surface area contributed by atoms with Crippen molar-refractivity contribution in [2.24, 2.45) is 0 Å². The largest absolute Gasteiger partial charge is 0.497 e. The molecule has 150 valence electrons. The lowest BCUT2D eigenvalue weighted by Gasteiger charge is -2.55. The summed E-state index contributed by atoms with van der Waals surface area (Å²) in [5, 5.41) is 0. The van der Waals surface area contributed by atoms with Gasteiger partial charge >= 0.3 is 0 Å². The fourth-order valence-corrected chi connectivity index (χ4v) is 4.88. The average Bonchev–Trinajstić information content (AvgIpc) is 2.68. The Balaban J connectivity index is 1.42. The topological polar surface area (TPSA) is 31.8 Å². The molecule has 1 atom stereocenters. The summed E-state index contributed by atoms with van der Waals surface area (Å²) in [7, 11) is 1.72. The molecule has 2 aliphatic rings. The predicted molar refractivity (Wildman–Crippen MR) is 112 cm³/mol. The van der Waals surface area contributed by atoms with Gasteiger partial charge in [-0.3, -0.25) is 19.7 Å². The molecule has 2 fully saturated rings. The van der Waals surface area contributed by atoms with Gasteiger partial charge in [0.2, 0.25) is 0 Å². The van der Waals surface area contributed by atoms with Crippen molar-refractivity contribution in [1.82, 2.24) is 19.7 Å². The summed E-state index contributed by atoms with van der Waals surface area (Å²) < 4.78 is 5.29. The summed E-state index contributed by atoms with van der Waals surface area (Å²) in [5.41, 5.74) is 2.87. The SMILES string of the molecule is COc1ccc(CN2C[C@@H]3CN(Cc4cccnc4)CCN3C(C)(C)C2)cc1. The van der Waals surface area contributed by atoms with E-state index in [2.05, 4.69) is 63.9 Å². The number of pyridine rings is 1. The maximum absolute atomic E-state index is 5.29. The fourth-order valence-electron chi connectivity index (χ4n) is 4.88. The molecule has 1 aromatic heterocycles. The molecule has 0 N–H and O–H groups in total. The zero-order valence-electron chi connectivity index (χ0n) is 17.3. The Labute approximate surface area is 168 Å². The highest BCUT2D eigenvalue weighted by molar-refractivity contribution is 5.27. The lowest BCUT2D eigenvalue weighted by atomic mass is 9.92. The van der Waals surface area contributed by atoms with Gasteiger partial charge in [-0.2, -0.15) is 0 Å². The molecule has 0 radical (unpaired) electrons. The molecule has 0 bridgehead atoms. The van der Waals surface area contributed by atoms with E-state index in [0.29, 0.717) is 6.04 Å². The molecule has 2 aliphatic heterocycles. The van der Waals surface area contributed by atoms with Crippen LogP contribution in [0.3, 0.4) is 0 Å². The number of benzene rings is 1. The average molecular weight is 381 g/mol. The van der Waals surface area contributed by atoms with Gasteiger partial charge in [0.1, 0.15) is 5.75 Å². The number of hydrogen-bond acceptors (Lipinski definition) is 5. The number of aromatic nitrogens is 1. The van der Waals surface area contributed by atoms with Crippen molar-refractivity contribution < 1.29 is 4.74 Å². The quantitative estimate of drug-likeness (QED) is 0.796. The molecule has 0 spiro atoms. The highest BCUT2D eigenvalue weighted by Crippen LogP contribution is 2.29. The van der Waals surface area contributed by atoms with Crippen LogP contribution < -0.4 is 4.74 Å². The van der Waals surface area contributed by atoms with E-state index in [1.54, 1.807) is 7.11 Å². The van der Waals surface area contributed by atoms with E-state index in [0.717, 1.165) is 51.6 Å². The van der Waals surface area contributed by atoms with Gasteiger partial charge in [-0.25, -0.2) is 0 Å². The van der Waals surface area contributed by atoms with Crippen molar-refractivity contribution in [3.8, 4) is 5.75 Å². The summed E-state index contributed by atoms with van der Waals surface area (Å²) in [5.74, 6) is 0.923. The third-order valence-electron chi connectivity index (χ3n) is 6.12. The van der Waals surface area contributed by atoms with Gasteiger partial charge in [0, 0.05) is 69.8 Å². The Morgan fingerprint density at radius 2 is 1.75 bits per heavy atom. The zero-order chi connectivity index (χ0) is 19.6. The number of fused-ring (bicyclic) bond motifs is 1. The number of nitrogens with zero attached hydrogens (tertiary/aromatic N) is 4. The van der Waals surface area contributed by atoms with Gasteiger partial charge in [-0.05, 0) is 43.2 Å². The molecule has 2 aromatic rings. The normalized spacial score (nSPS) is 23.3. The molecule has 28 heavy (non-hydrogen) atoms. The monoisotopic (exact) mass is 380 g/mol.